The van der Waals surface area contributed by atoms with Crippen LogP contribution in [0.4, 0.5) is 17.1 Å². The van der Waals surface area contributed by atoms with Crippen molar-refractivity contribution in [3.63, 3.8) is 0 Å². The first-order valence-corrected chi connectivity index (χ1v) is 5.64. The zero-order chi connectivity index (χ0) is 14.5. The Morgan fingerprint density at radius 1 is 1.15 bits per heavy atom. The third kappa shape index (κ3) is 2.89. The fourth-order valence-electron chi connectivity index (χ4n) is 1.53. The van der Waals surface area contributed by atoms with Crippen molar-refractivity contribution in [2.75, 3.05) is 7.11 Å². The summed E-state index contributed by atoms with van der Waals surface area (Å²) in [5.74, 6) is 0.329. The van der Waals surface area contributed by atoms with E-state index in [1.807, 2.05) is 0 Å². The number of aromatic hydroxyl groups is 1. The molecule has 20 heavy (non-hydrogen) atoms. The Morgan fingerprint density at radius 3 is 2.55 bits per heavy atom. The third-order valence-electron chi connectivity index (χ3n) is 2.52. The predicted octanol–water partition coefficient (Wildman–Crippen LogP) is 3.72. The molecule has 0 fully saturated rings. The van der Waals surface area contributed by atoms with E-state index in [1.165, 1.54) is 19.2 Å². The molecule has 7 nitrogen and oxygen atoms in total. The SMILES string of the molecule is COc1ccccc1N=Nc1cc([N+](=O)[O-])ccc1O. The highest BCUT2D eigenvalue weighted by Crippen LogP contribution is 2.33. The van der Waals surface area contributed by atoms with E-state index in [4.69, 9.17) is 4.74 Å². The van der Waals surface area contributed by atoms with Gasteiger partial charge in [0, 0.05) is 12.1 Å². The number of ether oxygens (including phenoxy) is 1. The number of non-ortho nitro benzene ring substituents is 1. The molecule has 102 valence electrons. The number of hydrogen-bond donors (Lipinski definition) is 1. The van der Waals surface area contributed by atoms with Crippen LogP contribution in [0.5, 0.6) is 11.5 Å². The Hall–Kier alpha value is -2.96. The predicted molar refractivity (Wildman–Crippen MR) is 71.9 cm³/mol. The molecular weight excluding hydrogens is 262 g/mol. The van der Waals surface area contributed by atoms with Gasteiger partial charge in [-0.3, -0.25) is 10.1 Å². The lowest BCUT2D eigenvalue weighted by Crippen LogP contribution is -1.86. The van der Waals surface area contributed by atoms with Gasteiger partial charge >= 0.3 is 0 Å². The van der Waals surface area contributed by atoms with E-state index in [1.54, 1.807) is 24.3 Å². The Morgan fingerprint density at radius 2 is 1.85 bits per heavy atom. The van der Waals surface area contributed by atoms with Crippen molar-refractivity contribution in [1.29, 1.82) is 0 Å². The number of azo groups is 1. The largest absolute Gasteiger partial charge is 0.506 e. The molecule has 0 radical (unpaired) electrons. The summed E-state index contributed by atoms with van der Waals surface area (Å²) < 4.78 is 5.10. The van der Waals surface area contributed by atoms with Crippen LogP contribution < -0.4 is 4.74 Å². The number of nitro benzene ring substituents is 1. The lowest BCUT2D eigenvalue weighted by atomic mass is 10.2. The fraction of sp³-hybridized carbons (Fsp3) is 0.0769. The number of phenols is 1. The van der Waals surface area contributed by atoms with Gasteiger partial charge in [0.1, 0.15) is 22.9 Å². The average molecular weight is 273 g/mol. The molecule has 0 aliphatic carbocycles. The van der Waals surface area contributed by atoms with Crippen molar-refractivity contribution >= 4 is 17.1 Å². The van der Waals surface area contributed by atoms with Crippen molar-refractivity contribution in [3.8, 4) is 11.5 Å². The zero-order valence-corrected chi connectivity index (χ0v) is 10.6. The Kier molecular flexibility index (Phi) is 3.90. The molecule has 0 aliphatic rings. The summed E-state index contributed by atoms with van der Waals surface area (Å²) in [5.41, 5.74) is 0.308. The molecule has 0 aliphatic heterocycles. The van der Waals surface area contributed by atoms with Crippen LogP contribution in [-0.2, 0) is 0 Å². The molecule has 2 rings (SSSR count). The van der Waals surface area contributed by atoms with Crippen molar-refractivity contribution in [2.45, 2.75) is 0 Å². The number of methoxy groups -OCH3 is 1. The first-order chi connectivity index (χ1) is 9.61. The number of nitrogens with zero attached hydrogens (tertiary/aromatic N) is 3. The van der Waals surface area contributed by atoms with Gasteiger partial charge in [-0.1, -0.05) is 12.1 Å². The van der Waals surface area contributed by atoms with Gasteiger partial charge in [0.05, 0.1) is 12.0 Å². The van der Waals surface area contributed by atoms with Crippen LogP contribution in [-0.4, -0.2) is 17.1 Å². The third-order valence-corrected chi connectivity index (χ3v) is 2.52. The van der Waals surface area contributed by atoms with E-state index in [9.17, 15) is 15.2 Å². The number of nitro groups is 1. The molecule has 0 amide bonds. The van der Waals surface area contributed by atoms with Crippen molar-refractivity contribution in [1.82, 2.24) is 0 Å². The van der Waals surface area contributed by atoms with E-state index in [2.05, 4.69) is 10.2 Å². The van der Waals surface area contributed by atoms with E-state index >= 15 is 0 Å². The summed E-state index contributed by atoms with van der Waals surface area (Å²) in [4.78, 5) is 10.1. The number of rotatable bonds is 4. The molecule has 0 unspecified atom stereocenters. The second-order valence-corrected chi connectivity index (χ2v) is 3.80. The summed E-state index contributed by atoms with van der Waals surface area (Å²) >= 11 is 0. The Labute approximate surface area is 114 Å². The van der Waals surface area contributed by atoms with E-state index < -0.39 is 4.92 Å². The summed E-state index contributed by atoms with van der Waals surface area (Å²) in [7, 11) is 1.50. The normalized spacial score (nSPS) is 10.7. The minimum atomic E-state index is -0.568. The van der Waals surface area contributed by atoms with Crippen LogP contribution in [0.3, 0.4) is 0 Å². The number of phenolic OH excluding ortho intramolecular Hbond substituents is 1. The Balaban J connectivity index is 2.36. The van der Waals surface area contributed by atoms with E-state index in [-0.39, 0.29) is 17.1 Å². The van der Waals surface area contributed by atoms with Crippen molar-refractivity contribution in [3.05, 3.63) is 52.6 Å². The molecule has 2 aromatic rings. The van der Waals surface area contributed by atoms with Crippen LogP contribution in [0.1, 0.15) is 0 Å². The highest BCUT2D eigenvalue weighted by Gasteiger charge is 2.10. The van der Waals surface area contributed by atoms with Crippen LogP contribution in [0.2, 0.25) is 0 Å². The smallest absolute Gasteiger partial charge is 0.271 e. The van der Waals surface area contributed by atoms with Crippen LogP contribution in [0.25, 0.3) is 0 Å². The monoisotopic (exact) mass is 273 g/mol. The van der Waals surface area contributed by atoms with E-state index in [0.29, 0.717) is 11.4 Å². The van der Waals surface area contributed by atoms with E-state index in [0.717, 1.165) is 6.07 Å². The molecule has 2 aromatic carbocycles. The summed E-state index contributed by atoms with van der Waals surface area (Å²) in [5, 5.41) is 28.0. The molecule has 0 heterocycles. The van der Waals surface area contributed by atoms with Crippen LogP contribution in [0, 0.1) is 10.1 Å². The van der Waals surface area contributed by atoms with Gasteiger partial charge in [-0.05, 0) is 18.2 Å². The molecule has 0 aromatic heterocycles. The molecule has 0 spiro atoms. The Bertz CT molecular complexity index is 670. The standard InChI is InChI=1S/C13H11N3O4/c1-20-13-5-3-2-4-10(13)14-15-11-8-9(16(18)19)6-7-12(11)17/h2-8,17H,1H3. The van der Waals surface area contributed by atoms with Gasteiger partial charge in [0.2, 0.25) is 0 Å². The average Bonchev–Trinajstić information content (AvgIpc) is 2.46. The summed E-state index contributed by atoms with van der Waals surface area (Å²) in [6.07, 6.45) is 0. The second kappa shape index (κ2) is 5.79. The van der Waals surface area contributed by atoms with Gasteiger partial charge in [-0.15, -0.1) is 10.2 Å². The minimum Gasteiger partial charge on any atom is -0.506 e. The first-order valence-electron chi connectivity index (χ1n) is 5.64. The lowest BCUT2D eigenvalue weighted by Gasteiger charge is -2.02. The maximum absolute atomic E-state index is 10.7. The maximum atomic E-state index is 10.7. The molecule has 7 heteroatoms. The highest BCUT2D eigenvalue weighted by atomic mass is 16.6. The number of hydrogen-bond acceptors (Lipinski definition) is 6. The number of para-hydroxylation sites is 1. The molecule has 1 N–H and O–H groups in total. The minimum absolute atomic E-state index is 0.0186. The number of benzene rings is 2. The quantitative estimate of drug-likeness (QED) is 0.521. The van der Waals surface area contributed by atoms with Crippen LogP contribution >= 0.6 is 0 Å². The molecular formula is C13H11N3O4. The topological polar surface area (TPSA) is 97.3 Å². The highest BCUT2D eigenvalue weighted by molar-refractivity contribution is 5.57. The lowest BCUT2D eigenvalue weighted by molar-refractivity contribution is -0.384. The van der Waals surface area contributed by atoms with Gasteiger partial charge in [0.25, 0.3) is 5.69 Å². The first kappa shape index (κ1) is 13.5. The van der Waals surface area contributed by atoms with Crippen molar-refractivity contribution in [2.24, 2.45) is 10.2 Å². The van der Waals surface area contributed by atoms with Gasteiger partial charge < -0.3 is 9.84 Å². The molecule has 0 bridgehead atoms. The van der Waals surface area contributed by atoms with Gasteiger partial charge in [0.15, 0.2) is 0 Å². The fourth-order valence-corrected chi connectivity index (χ4v) is 1.53. The summed E-state index contributed by atoms with van der Waals surface area (Å²) in [6, 6.07) is 10.5. The van der Waals surface area contributed by atoms with Crippen LogP contribution in [0.15, 0.2) is 52.7 Å². The maximum Gasteiger partial charge on any atom is 0.271 e. The van der Waals surface area contributed by atoms with Gasteiger partial charge in [-0.2, -0.15) is 0 Å². The zero-order valence-electron chi connectivity index (χ0n) is 10.6. The molecule has 0 saturated heterocycles. The van der Waals surface area contributed by atoms with Crippen molar-refractivity contribution < 1.29 is 14.8 Å². The summed E-state index contributed by atoms with van der Waals surface area (Å²) in [6.45, 7) is 0. The molecule has 0 atom stereocenters. The molecule has 0 saturated carbocycles. The second-order valence-electron chi connectivity index (χ2n) is 3.80. The van der Waals surface area contributed by atoms with Gasteiger partial charge in [-0.25, -0.2) is 0 Å².